The van der Waals surface area contributed by atoms with Crippen molar-refractivity contribution in [3.8, 4) is 6.07 Å². The third kappa shape index (κ3) is 3.38. The predicted octanol–water partition coefficient (Wildman–Crippen LogP) is 3.42. The summed E-state index contributed by atoms with van der Waals surface area (Å²) in [6.45, 7) is 4.89. The van der Waals surface area contributed by atoms with Crippen LogP contribution in [0.4, 0.5) is 5.69 Å². The van der Waals surface area contributed by atoms with Gasteiger partial charge in [0.2, 0.25) is 0 Å². The topological polar surface area (TPSA) is 56.0 Å². The predicted molar refractivity (Wildman–Crippen MR) is 74.8 cm³/mol. The Hall–Kier alpha value is -1.24. The fourth-order valence-electron chi connectivity index (χ4n) is 1.82. The van der Waals surface area contributed by atoms with Crippen molar-refractivity contribution in [3.63, 3.8) is 0 Å². The molecule has 98 valence electrons. The third-order valence-corrected chi connectivity index (χ3v) is 3.83. The SMILES string of the molecule is CCC(CC)(CO)CNc1cc(Cl)ccc1C#N. The van der Waals surface area contributed by atoms with Gasteiger partial charge in [0.1, 0.15) is 6.07 Å². The van der Waals surface area contributed by atoms with Crippen LogP contribution in [0.3, 0.4) is 0 Å². The highest BCUT2D eigenvalue weighted by atomic mass is 35.5. The van der Waals surface area contributed by atoms with Gasteiger partial charge < -0.3 is 10.4 Å². The monoisotopic (exact) mass is 266 g/mol. The van der Waals surface area contributed by atoms with Crippen molar-refractivity contribution < 1.29 is 5.11 Å². The van der Waals surface area contributed by atoms with Gasteiger partial charge in [-0.25, -0.2) is 0 Å². The minimum Gasteiger partial charge on any atom is -0.396 e. The molecule has 2 N–H and O–H groups in total. The van der Waals surface area contributed by atoms with Gasteiger partial charge >= 0.3 is 0 Å². The van der Waals surface area contributed by atoms with E-state index in [0.29, 0.717) is 17.1 Å². The normalized spacial score (nSPS) is 11.1. The third-order valence-electron chi connectivity index (χ3n) is 3.59. The van der Waals surface area contributed by atoms with Gasteiger partial charge in [-0.05, 0) is 31.0 Å². The lowest BCUT2D eigenvalue weighted by Crippen LogP contribution is -2.32. The highest BCUT2D eigenvalue weighted by Gasteiger charge is 2.25. The summed E-state index contributed by atoms with van der Waals surface area (Å²) in [5.41, 5.74) is 1.15. The smallest absolute Gasteiger partial charge is 0.101 e. The number of nitrogens with zero attached hydrogens (tertiary/aromatic N) is 1. The number of anilines is 1. The van der Waals surface area contributed by atoms with Gasteiger partial charge in [-0.3, -0.25) is 0 Å². The van der Waals surface area contributed by atoms with Crippen LogP contribution < -0.4 is 5.32 Å². The van der Waals surface area contributed by atoms with E-state index in [2.05, 4.69) is 25.2 Å². The molecule has 3 nitrogen and oxygen atoms in total. The average molecular weight is 267 g/mol. The van der Waals surface area contributed by atoms with Crippen LogP contribution >= 0.6 is 11.6 Å². The number of halogens is 1. The Morgan fingerprint density at radius 2 is 2.06 bits per heavy atom. The molecule has 1 aromatic rings. The molecule has 0 aliphatic heterocycles. The summed E-state index contributed by atoms with van der Waals surface area (Å²) in [5.74, 6) is 0. The summed E-state index contributed by atoms with van der Waals surface area (Å²) >= 11 is 5.93. The van der Waals surface area contributed by atoms with E-state index in [4.69, 9.17) is 16.9 Å². The van der Waals surface area contributed by atoms with Crippen molar-refractivity contribution in [1.29, 1.82) is 5.26 Å². The molecule has 0 atom stereocenters. The first kappa shape index (κ1) is 14.8. The van der Waals surface area contributed by atoms with Gasteiger partial charge in [-0.1, -0.05) is 25.4 Å². The number of aliphatic hydroxyl groups excluding tert-OH is 1. The zero-order chi connectivity index (χ0) is 13.6. The molecule has 0 amide bonds. The van der Waals surface area contributed by atoms with Crippen molar-refractivity contribution in [1.82, 2.24) is 0 Å². The van der Waals surface area contributed by atoms with Crippen LogP contribution in [0.15, 0.2) is 18.2 Å². The van der Waals surface area contributed by atoms with E-state index in [9.17, 15) is 5.11 Å². The van der Waals surface area contributed by atoms with Crippen LogP contribution in [0.25, 0.3) is 0 Å². The van der Waals surface area contributed by atoms with Gasteiger partial charge in [0.05, 0.1) is 17.9 Å². The molecule has 0 unspecified atom stereocenters. The van der Waals surface area contributed by atoms with Gasteiger partial charge in [0, 0.05) is 17.0 Å². The molecule has 0 spiro atoms. The Balaban J connectivity index is 2.85. The van der Waals surface area contributed by atoms with E-state index in [1.165, 1.54) is 0 Å². The quantitative estimate of drug-likeness (QED) is 0.829. The molecule has 0 fully saturated rings. The van der Waals surface area contributed by atoms with Crippen LogP contribution in [-0.2, 0) is 0 Å². The Kier molecular flexibility index (Phi) is 5.46. The highest BCUT2D eigenvalue weighted by Crippen LogP contribution is 2.28. The maximum Gasteiger partial charge on any atom is 0.101 e. The van der Waals surface area contributed by atoms with Gasteiger partial charge in [-0.2, -0.15) is 5.26 Å². The number of rotatable bonds is 6. The van der Waals surface area contributed by atoms with Crippen LogP contribution in [0.2, 0.25) is 5.02 Å². The van der Waals surface area contributed by atoms with Gasteiger partial charge in [-0.15, -0.1) is 0 Å². The summed E-state index contributed by atoms with van der Waals surface area (Å²) < 4.78 is 0. The first-order valence-electron chi connectivity index (χ1n) is 6.15. The number of hydrogen-bond acceptors (Lipinski definition) is 3. The second-order valence-electron chi connectivity index (χ2n) is 4.52. The molecule has 0 saturated heterocycles. The maximum atomic E-state index is 9.50. The highest BCUT2D eigenvalue weighted by molar-refractivity contribution is 6.30. The van der Waals surface area contributed by atoms with E-state index < -0.39 is 0 Å². The largest absolute Gasteiger partial charge is 0.396 e. The zero-order valence-electron chi connectivity index (χ0n) is 10.8. The molecule has 1 rings (SSSR count). The number of nitriles is 1. The first-order valence-corrected chi connectivity index (χ1v) is 6.53. The fraction of sp³-hybridized carbons (Fsp3) is 0.500. The van der Waals surface area contributed by atoms with E-state index in [0.717, 1.165) is 18.5 Å². The molecule has 0 aromatic heterocycles. The number of aliphatic hydroxyl groups is 1. The second kappa shape index (κ2) is 6.63. The summed E-state index contributed by atoms with van der Waals surface area (Å²) in [5, 5.41) is 22.4. The number of benzene rings is 1. The van der Waals surface area contributed by atoms with E-state index in [1.54, 1.807) is 18.2 Å². The van der Waals surface area contributed by atoms with Gasteiger partial charge in [0.25, 0.3) is 0 Å². The van der Waals surface area contributed by atoms with Crippen LogP contribution in [0.1, 0.15) is 32.3 Å². The van der Waals surface area contributed by atoms with Crippen molar-refractivity contribution in [3.05, 3.63) is 28.8 Å². The van der Waals surface area contributed by atoms with Crippen molar-refractivity contribution in [2.24, 2.45) is 5.41 Å². The lowest BCUT2D eigenvalue weighted by atomic mass is 9.83. The molecule has 0 heterocycles. The van der Waals surface area contributed by atoms with Crippen LogP contribution in [-0.4, -0.2) is 18.3 Å². The summed E-state index contributed by atoms with van der Waals surface area (Å²) in [6, 6.07) is 7.27. The van der Waals surface area contributed by atoms with E-state index >= 15 is 0 Å². The Morgan fingerprint density at radius 3 is 2.56 bits per heavy atom. The molecule has 0 aliphatic carbocycles. The lowest BCUT2D eigenvalue weighted by molar-refractivity contribution is 0.127. The standard InChI is InChI=1S/C14H19ClN2O/c1-3-14(4-2,10-18)9-17-13-7-12(15)6-5-11(13)8-16/h5-7,17-18H,3-4,9-10H2,1-2H3. The molecule has 18 heavy (non-hydrogen) atoms. The second-order valence-corrected chi connectivity index (χ2v) is 4.96. The average Bonchev–Trinajstić information content (AvgIpc) is 2.41. The van der Waals surface area contributed by atoms with Crippen molar-refractivity contribution >= 4 is 17.3 Å². The molecular weight excluding hydrogens is 248 g/mol. The summed E-state index contributed by atoms with van der Waals surface area (Å²) in [7, 11) is 0. The minimum atomic E-state index is -0.144. The Morgan fingerprint density at radius 1 is 1.39 bits per heavy atom. The lowest BCUT2D eigenvalue weighted by Gasteiger charge is -2.30. The maximum absolute atomic E-state index is 9.50. The van der Waals surface area contributed by atoms with Crippen LogP contribution in [0.5, 0.6) is 0 Å². The molecule has 1 aromatic carbocycles. The van der Waals surface area contributed by atoms with Gasteiger partial charge in [0.15, 0.2) is 0 Å². The number of hydrogen-bond donors (Lipinski definition) is 2. The molecular formula is C14H19ClN2O. The zero-order valence-corrected chi connectivity index (χ0v) is 11.6. The molecule has 0 saturated carbocycles. The Labute approximate surface area is 113 Å². The molecule has 4 heteroatoms. The molecule has 0 bridgehead atoms. The minimum absolute atomic E-state index is 0.134. The fourth-order valence-corrected chi connectivity index (χ4v) is 1.99. The first-order chi connectivity index (χ1) is 8.60. The van der Waals surface area contributed by atoms with Crippen molar-refractivity contribution in [2.45, 2.75) is 26.7 Å². The summed E-state index contributed by atoms with van der Waals surface area (Å²) in [6.07, 6.45) is 1.77. The van der Waals surface area contributed by atoms with E-state index in [1.807, 2.05) is 0 Å². The molecule has 0 aliphatic rings. The van der Waals surface area contributed by atoms with Crippen LogP contribution in [0, 0.1) is 16.7 Å². The molecule has 0 radical (unpaired) electrons. The Bertz CT molecular complexity index is 428. The van der Waals surface area contributed by atoms with Crippen molar-refractivity contribution in [2.75, 3.05) is 18.5 Å². The summed E-state index contributed by atoms with van der Waals surface area (Å²) in [4.78, 5) is 0. The number of nitrogens with one attached hydrogen (secondary N) is 1. The van der Waals surface area contributed by atoms with E-state index in [-0.39, 0.29) is 12.0 Å².